The lowest BCUT2D eigenvalue weighted by atomic mass is 10.1. The van der Waals surface area contributed by atoms with Gasteiger partial charge in [-0.1, -0.05) is 13.0 Å². The van der Waals surface area contributed by atoms with Gasteiger partial charge in [-0.05, 0) is 18.1 Å². The molecule has 0 atom stereocenters. The Kier molecular flexibility index (Phi) is 2.28. The van der Waals surface area contributed by atoms with E-state index >= 15 is 0 Å². The van der Waals surface area contributed by atoms with Crippen LogP contribution in [0.5, 0.6) is 5.75 Å². The first-order chi connectivity index (χ1) is 5.65. The number of hydrogen-bond acceptors (Lipinski definition) is 3. The Bertz CT molecular complexity index is 309. The van der Waals surface area contributed by atoms with E-state index in [9.17, 15) is 10.1 Å². The Morgan fingerprint density at radius 3 is 2.75 bits per heavy atom. The highest BCUT2D eigenvalue weighted by Crippen LogP contribution is 2.26. The van der Waals surface area contributed by atoms with E-state index in [1.165, 1.54) is 12.1 Å². The fourth-order valence-electron chi connectivity index (χ4n) is 0.866. The van der Waals surface area contributed by atoms with E-state index in [0.717, 1.165) is 5.56 Å². The van der Waals surface area contributed by atoms with Gasteiger partial charge in [-0.25, -0.2) is 0 Å². The van der Waals surface area contributed by atoms with Gasteiger partial charge in [0.25, 0.3) is 0 Å². The maximum atomic E-state index is 10.3. The summed E-state index contributed by atoms with van der Waals surface area (Å²) in [5.74, 6) is -0.300. The van der Waals surface area contributed by atoms with Crippen LogP contribution in [0.1, 0.15) is 12.5 Å². The van der Waals surface area contributed by atoms with Crippen LogP contribution in [0.15, 0.2) is 18.2 Å². The van der Waals surface area contributed by atoms with Gasteiger partial charge in [0.05, 0.1) is 4.92 Å². The van der Waals surface area contributed by atoms with Gasteiger partial charge in [-0.3, -0.25) is 10.1 Å². The second-order valence-corrected chi connectivity index (χ2v) is 2.29. The van der Waals surface area contributed by atoms with E-state index in [0.29, 0.717) is 0 Å². The normalized spacial score (nSPS) is 9.75. The first kappa shape index (κ1) is 8.52. The minimum atomic E-state index is -0.609. The quantitative estimate of drug-likeness (QED) is 0.538. The van der Waals surface area contributed by atoms with Crippen molar-refractivity contribution < 1.29 is 10.0 Å². The molecule has 1 aromatic rings. The van der Waals surface area contributed by atoms with Crippen molar-refractivity contribution in [2.24, 2.45) is 0 Å². The van der Waals surface area contributed by atoms with Crippen molar-refractivity contribution in [1.29, 1.82) is 0 Å². The summed E-state index contributed by atoms with van der Waals surface area (Å²) in [6.45, 7) is 1.77. The highest BCUT2D eigenvalue weighted by Gasteiger charge is 2.12. The summed E-state index contributed by atoms with van der Waals surface area (Å²) < 4.78 is 0. The molecule has 0 spiro atoms. The van der Waals surface area contributed by atoms with Crippen LogP contribution in [0.4, 0.5) is 5.69 Å². The molecule has 0 saturated heterocycles. The number of hydrogen-bond donors (Lipinski definition) is 1. The molecule has 4 heteroatoms. The second-order valence-electron chi connectivity index (χ2n) is 2.29. The fourth-order valence-corrected chi connectivity index (χ4v) is 0.866. The molecule has 12 heavy (non-hydrogen) atoms. The second kappa shape index (κ2) is 3.21. The fraction of sp³-hybridized carbons (Fsp3) is 0.125. The van der Waals surface area contributed by atoms with Crippen LogP contribution in [0, 0.1) is 16.5 Å². The lowest BCUT2D eigenvalue weighted by molar-refractivity contribution is -0.385. The molecule has 0 saturated carbocycles. The third kappa shape index (κ3) is 1.53. The van der Waals surface area contributed by atoms with Crippen LogP contribution in [-0.4, -0.2) is 10.0 Å². The standard InChI is InChI=1S/C8H8NO3/c1-2-6-3-4-8(10)7(5-6)9(11)12/h2-5,10H,1H3. The number of nitro groups is 1. The molecule has 0 bridgehead atoms. The van der Waals surface area contributed by atoms with Crippen molar-refractivity contribution in [3.8, 4) is 5.75 Å². The van der Waals surface area contributed by atoms with Crippen molar-refractivity contribution in [3.05, 3.63) is 40.3 Å². The predicted octanol–water partition coefficient (Wildman–Crippen LogP) is 1.87. The maximum Gasteiger partial charge on any atom is 0.310 e. The van der Waals surface area contributed by atoms with Gasteiger partial charge in [0.15, 0.2) is 5.75 Å². The Balaban J connectivity index is 3.17. The van der Waals surface area contributed by atoms with Crippen LogP contribution in [-0.2, 0) is 0 Å². The molecule has 0 unspecified atom stereocenters. The van der Waals surface area contributed by atoms with E-state index in [4.69, 9.17) is 5.11 Å². The molecule has 1 rings (SSSR count). The summed E-state index contributed by atoms with van der Waals surface area (Å²) >= 11 is 0. The van der Waals surface area contributed by atoms with Crippen molar-refractivity contribution in [2.75, 3.05) is 0 Å². The first-order valence-electron chi connectivity index (χ1n) is 3.42. The first-order valence-corrected chi connectivity index (χ1v) is 3.42. The Morgan fingerprint density at radius 2 is 2.25 bits per heavy atom. The third-order valence-electron chi connectivity index (χ3n) is 1.53. The van der Waals surface area contributed by atoms with Gasteiger partial charge in [0.1, 0.15) is 0 Å². The topological polar surface area (TPSA) is 63.4 Å². The zero-order valence-electron chi connectivity index (χ0n) is 6.52. The molecule has 0 aromatic heterocycles. The van der Waals surface area contributed by atoms with Crippen molar-refractivity contribution in [3.63, 3.8) is 0 Å². The smallest absolute Gasteiger partial charge is 0.310 e. The largest absolute Gasteiger partial charge is 0.502 e. The minimum Gasteiger partial charge on any atom is -0.502 e. The predicted molar refractivity (Wildman–Crippen MR) is 43.8 cm³/mol. The minimum absolute atomic E-state index is 0.259. The molecule has 1 radical (unpaired) electrons. The van der Waals surface area contributed by atoms with E-state index in [1.54, 1.807) is 19.4 Å². The van der Waals surface area contributed by atoms with E-state index in [1.807, 2.05) is 0 Å². The molecule has 0 fully saturated rings. The SMILES string of the molecule is C[CH]c1ccc(O)c([N+](=O)[O-])c1. The third-order valence-corrected chi connectivity index (χ3v) is 1.53. The molecule has 0 aliphatic carbocycles. The lowest BCUT2D eigenvalue weighted by Crippen LogP contribution is -1.89. The number of nitrogens with zero attached hydrogens (tertiary/aromatic N) is 1. The summed E-state index contributed by atoms with van der Waals surface area (Å²) in [5.41, 5.74) is 0.463. The van der Waals surface area contributed by atoms with Crippen molar-refractivity contribution in [2.45, 2.75) is 6.92 Å². The Hall–Kier alpha value is -1.58. The van der Waals surface area contributed by atoms with Crippen LogP contribution in [0.2, 0.25) is 0 Å². The Labute approximate surface area is 69.6 Å². The molecule has 4 nitrogen and oxygen atoms in total. The molecular formula is C8H8NO3. The van der Waals surface area contributed by atoms with Crippen molar-refractivity contribution in [1.82, 2.24) is 0 Å². The number of aromatic hydroxyl groups is 1. The summed E-state index contributed by atoms with van der Waals surface area (Å²) in [5, 5.41) is 19.4. The van der Waals surface area contributed by atoms with Gasteiger partial charge < -0.3 is 5.11 Å². The molecule has 1 N–H and O–H groups in total. The van der Waals surface area contributed by atoms with Gasteiger partial charge in [-0.15, -0.1) is 0 Å². The molecule has 0 amide bonds. The van der Waals surface area contributed by atoms with E-state index in [2.05, 4.69) is 0 Å². The molecule has 0 aliphatic rings. The van der Waals surface area contributed by atoms with E-state index < -0.39 is 4.92 Å². The van der Waals surface area contributed by atoms with Crippen LogP contribution in [0.25, 0.3) is 0 Å². The number of nitro benzene ring substituents is 1. The maximum absolute atomic E-state index is 10.3. The molecule has 63 valence electrons. The number of phenols is 1. The van der Waals surface area contributed by atoms with E-state index in [-0.39, 0.29) is 11.4 Å². The summed E-state index contributed by atoms with van der Waals surface area (Å²) in [4.78, 5) is 9.71. The zero-order valence-corrected chi connectivity index (χ0v) is 6.52. The van der Waals surface area contributed by atoms with Crippen molar-refractivity contribution >= 4 is 5.69 Å². The lowest BCUT2D eigenvalue weighted by Gasteiger charge is -1.97. The summed E-state index contributed by atoms with van der Waals surface area (Å²) in [7, 11) is 0. The zero-order chi connectivity index (χ0) is 9.14. The molecule has 0 heterocycles. The highest BCUT2D eigenvalue weighted by molar-refractivity contribution is 5.48. The van der Waals surface area contributed by atoms with Gasteiger partial charge in [0.2, 0.25) is 0 Å². The van der Waals surface area contributed by atoms with Gasteiger partial charge >= 0.3 is 5.69 Å². The van der Waals surface area contributed by atoms with Crippen LogP contribution in [0.3, 0.4) is 0 Å². The molecule has 0 aliphatic heterocycles. The number of phenolic OH excluding ortho intramolecular Hbond substituents is 1. The Morgan fingerprint density at radius 1 is 1.58 bits per heavy atom. The van der Waals surface area contributed by atoms with Crippen LogP contribution < -0.4 is 0 Å². The van der Waals surface area contributed by atoms with Crippen LogP contribution >= 0.6 is 0 Å². The molecular weight excluding hydrogens is 158 g/mol. The monoisotopic (exact) mass is 166 g/mol. The summed E-state index contributed by atoms with van der Waals surface area (Å²) in [6.07, 6.45) is 1.73. The number of rotatable bonds is 2. The average Bonchev–Trinajstić information content (AvgIpc) is 2.05. The molecule has 1 aromatic carbocycles. The van der Waals surface area contributed by atoms with Gasteiger partial charge in [-0.2, -0.15) is 0 Å². The van der Waals surface area contributed by atoms with Gasteiger partial charge in [0, 0.05) is 6.07 Å². The number of benzene rings is 1. The summed E-state index contributed by atoms with van der Waals surface area (Å²) in [6, 6.07) is 4.26. The highest BCUT2D eigenvalue weighted by atomic mass is 16.6. The average molecular weight is 166 g/mol.